The molecule has 3 rings (SSSR count). The van der Waals surface area contributed by atoms with Gasteiger partial charge in [0.15, 0.2) is 0 Å². The number of aryl methyl sites for hydroxylation is 1. The molecule has 116 valence electrons. The second kappa shape index (κ2) is 6.78. The number of hydrogen-bond donors (Lipinski definition) is 1. The maximum absolute atomic E-state index is 6.15. The van der Waals surface area contributed by atoms with Crippen LogP contribution in [0.4, 0.5) is 0 Å². The molecule has 2 N–H and O–H groups in total. The molecule has 0 spiro atoms. The Morgan fingerprint density at radius 1 is 1.38 bits per heavy atom. The molecule has 1 aromatic carbocycles. The summed E-state index contributed by atoms with van der Waals surface area (Å²) >= 11 is 3.65. The summed E-state index contributed by atoms with van der Waals surface area (Å²) in [5.74, 6) is 0. The first-order valence-corrected chi connectivity index (χ1v) is 8.83. The molecule has 0 amide bonds. The summed E-state index contributed by atoms with van der Waals surface area (Å²) in [6, 6.07) is 7.49. The van der Waals surface area contributed by atoms with Crippen LogP contribution in [0.3, 0.4) is 0 Å². The lowest BCUT2D eigenvalue weighted by atomic mass is 9.88. The zero-order chi connectivity index (χ0) is 14.8. The van der Waals surface area contributed by atoms with E-state index in [2.05, 4.69) is 46.0 Å². The highest BCUT2D eigenvalue weighted by atomic mass is 79.9. The van der Waals surface area contributed by atoms with Crippen LogP contribution in [0.5, 0.6) is 0 Å². The van der Waals surface area contributed by atoms with Crippen LogP contribution in [0.1, 0.15) is 42.9 Å². The minimum absolute atomic E-state index is 0.302. The van der Waals surface area contributed by atoms with Crippen LogP contribution in [-0.2, 0) is 4.74 Å². The van der Waals surface area contributed by atoms with Gasteiger partial charge in [-0.3, -0.25) is 4.90 Å². The molecule has 0 radical (unpaired) electrons. The Balaban J connectivity index is 1.85. The van der Waals surface area contributed by atoms with Crippen LogP contribution in [0, 0.1) is 6.92 Å². The molecule has 1 heterocycles. The highest BCUT2D eigenvalue weighted by molar-refractivity contribution is 9.10. The van der Waals surface area contributed by atoms with Crippen molar-refractivity contribution < 1.29 is 4.74 Å². The summed E-state index contributed by atoms with van der Waals surface area (Å²) < 4.78 is 7.17. The number of nitrogens with two attached hydrogens (primary N) is 1. The van der Waals surface area contributed by atoms with Crippen molar-refractivity contribution >= 4 is 15.9 Å². The van der Waals surface area contributed by atoms with Gasteiger partial charge in [0.1, 0.15) is 0 Å². The van der Waals surface area contributed by atoms with Crippen molar-refractivity contribution in [2.75, 3.05) is 19.7 Å². The first kappa shape index (κ1) is 15.5. The number of halogens is 1. The third-order valence-electron chi connectivity index (χ3n) is 4.98. The summed E-state index contributed by atoms with van der Waals surface area (Å²) in [5.41, 5.74) is 8.74. The van der Waals surface area contributed by atoms with E-state index in [1.807, 2.05) is 0 Å². The standard InChI is InChI=1S/C17H25BrN2O/c1-12-6-7-13(10-14(12)18)16(11-19)20-8-9-21-17-5-3-2-4-15(17)20/h6-7,10,15-17H,2-5,8-9,11,19H2,1H3. The quantitative estimate of drug-likeness (QED) is 0.905. The Morgan fingerprint density at radius 3 is 2.95 bits per heavy atom. The third-order valence-corrected chi connectivity index (χ3v) is 5.83. The van der Waals surface area contributed by atoms with E-state index in [1.165, 1.54) is 41.3 Å². The fourth-order valence-electron chi connectivity index (χ4n) is 3.79. The molecule has 0 aromatic heterocycles. The van der Waals surface area contributed by atoms with E-state index in [0.717, 1.165) is 13.2 Å². The summed E-state index contributed by atoms with van der Waals surface area (Å²) in [6.45, 7) is 4.62. The largest absolute Gasteiger partial charge is 0.375 e. The van der Waals surface area contributed by atoms with Gasteiger partial charge >= 0.3 is 0 Å². The Morgan fingerprint density at radius 2 is 2.19 bits per heavy atom. The van der Waals surface area contributed by atoms with Crippen LogP contribution in [0.2, 0.25) is 0 Å². The molecule has 3 nitrogen and oxygen atoms in total. The third kappa shape index (κ3) is 3.19. The molecule has 1 saturated carbocycles. The Hall–Kier alpha value is -0.420. The van der Waals surface area contributed by atoms with E-state index < -0.39 is 0 Å². The van der Waals surface area contributed by atoms with Gasteiger partial charge in [-0.2, -0.15) is 0 Å². The maximum atomic E-state index is 6.15. The van der Waals surface area contributed by atoms with Gasteiger partial charge in [0.25, 0.3) is 0 Å². The van der Waals surface area contributed by atoms with Gasteiger partial charge in [-0.1, -0.05) is 40.9 Å². The summed E-state index contributed by atoms with van der Waals surface area (Å²) in [7, 11) is 0. The number of ether oxygens (including phenoxy) is 1. The van der Waals surface area contributed by atoms with Crippen molar-refractivity contribution in [1.82, 2.24) is 4.90 Å². The van der Waals surface area contributed by atoms with Crippen LogP contribution in [0.25, 0.3) is 0 Å². The molecule has 2 fully saturated rings. The smallest absolute Gasteiger partial charge is 0.0731 e. The second-order valence-corrected chi connectivity index (χ2v) is 7.11. The van der Waals surface area contributed by atoms with Crippen molar-refractivity contribution in [2.45, 2.75) is 50.8 Å². The van der Waals surface area contributed by atoms with Gasteiger partial charge in [0.05, 0.1) is 12.7 Å². The second-order valence-electron chi connectivity index (χ2n) is 6.26. The minimum Gasteiger partial charge on any atom is -0.375 e. The highest BCUT2D eigenvalue weighted by Gasteiger charge is 2.37. The van der Waals surface area contributed by atoms with Crippen molar-refractivity contribution in [1.29, 1.82) is 0 Å². The minimum atomic E-state index is 0.302. The van der Waals surface area contributed by atoms with Gasteiger partial charge in [0, 0.05) is 29.6 Å². The molecule has 1 aromatic rings. The Labute approximate surface area is 136 Å². The fourth-order valence-corrected chi connectivity index (χ4v) is 4.19. The molecule has 21 heavy (non-hydrogen) atoms. The molecule has 1 aliphatic carbocycles. The van der Waals surface area contributed by atoms with E-state index in [1.54, 1.807) is 0 Å². The van der Waals surface area contributed by atoms with Gasteiger partial charge in [-0.05, 0) is 37.0 Å². The van der Waals surface area contributed by atoms with Crippen molar-refractivity contribution in [3.63, 3.8) is 0 Å². The van der Waals surface area contributed by atoms with E-state index in [9.17, 15) is 0 Å². The molecule has 4 heteroatoms. The van der Waals surface area contributed by atoms with E-state index in [4.69, 9.17) is 10.5 Å². The molecular weight excluding hydrogens is 328 g/mol. The van der Waals surface area contributed by atoms with Crippen molar-refractivity contribution in [2.24, 2.45) is 5.73 Å². The predicted molar refractivity (Wildman–Crippen MR) is 89.4 cm³/mol. The number of fused-ring (bicyclic) bond motifs is 1. The SMILES string of the molecule is Cc1ccc(C(CN)N2CCOC3CCCCC32)cc1Br. The van der Waals surface area contributed by atoms with E-state index in [0.29, 0.717) is 24.7 Å². The number of morpholine rings is 1. The van der Waals surface area contributed by atoms with Crippen LogP contribution in [0.15, 0.2) is 22.7 Å². The zero-order valence-corrected chi connectivity index (χ0v) is 14.3. The van der Waals surface area contributed by atoms with E-state index in [-0.39, 0.29) is 0 Å². The summed E-state index contributed by atoms with van der Waals surface area (Å²) in [4.78, 5) is 2.60. The topological polar surface area (TPSA) is 38.5 Å². The maximum Gasteiger partial charge on any atom is 0.0731 e. The average molecular weight is 353 g/mol. The van der Waals surface area contributed by atoms with E-state index >= 15 is 0 Å². The molecular formula is C17H25BrN2O. The Kier molecular flexibility index (Phi) is 4.99. The zero-order valence-electron chi connectivity index (χ0n) is 12.7. The molecule has 0 bridgehead atoms. The number of rotatable bonds is 3. The lowest BCUT2D eigenvalue weighted by Gasteiger charge is -2.47. The average Bonchev–Trinajstić information content (AvgIpc) is 2.52. The Bertz CT molecular complexity index is 492. The van der Waals surface area contributed by atoms with Gasteiger partial charge in [0.2, 0.25) is 0 Å². The molecule has 3 unspecified atom stereocenters. The monoisotopic (exact) mass is 352 g/mol. The molecule has 2 aliphatic rings. The van der Waals surface area contributed by atoms with Gasteiger partial charge < -0.3 is 10.5 Å². The van der Waals surface area contributed by atoms with Crippen LogP contribution in [-0.4, -0.2) is 36.7 Å². The summed E-state index contributed by atoms with van der Waals surface area (Å²) in [6.07, 6.45) is 5.48. The number of hydrogen-bond acceptors (Lipinski definition) is 3. The normalized spacial score (nSPS) is 28.1. The lowest BCUT2D eigenvalue weighted by molar-refractivity contribution is -0.102. The molecule has 1 saturated heterocycles. The molecule has 1 aliphatic heterocycles. The fraction of sp³-hybridized carbons (Fsp3) is 0.647. The van der Waals surface area contributed by atoms with Crippen molar-refractivity contribution in [3.05, 3.63) is 33.8 Å². The number of benzene rings is 1. The first-order valence-electron chi connectivity index (χ1n) is 8.04. The predicted octanol–water partition coefficient (Wildman–Crippen LogP) is 3.40. The van der Waals surface area contributed by atoms with Gasteiger partial charge in [-0.25, -0.2) is 0 Å². The number of nitrogens with zero attached hydrogens (tertiary/aromatic N) is 1. The van der Waals surface area contributed by atoms with Crippen LogP contribution < -0.4 is 5.73 Å². The van der Waals surface area contributed by atoms with Gasteiger partial charge in [-0.15, -0.1) is 0 Å². The summed E-state index contributed by atoms with van der Waals surface area (Å²) in [5, 5.41) is 0. The highest BCUT2D eigenvalue weighted by Crippen LogP contribution is 2.34. The molecule has 3 atom stereocenters. The van der Waals surface area contributed by atoms with Crippen LogP contribution >= 0.6 is 15.9 Å². The van der Waals surface area contributed by atoms with Crippen molar-refractivity contribution in [3.8, 4) is 0 Å². The lowest BCUT2D eigenvalue weighted by Crippen LogP contribution is -2.54. The first-order chi connectivity index (χ1) is 10.2.